The molecule has 2 rings (SSSR count). The van der Waals surface area contributed by atoms with E-state index in [1.54, 1.807) is 0 Å². The molecule has 1 aliphatic heterocycles. The zero-order valence-electron chi connectivity index (χ0n) is 12.6. The maximum absolute atomic E-state index is 3.50. The number of likely N-dealkylation sites (tertiary alicyclic amines) is 1. The third-order valence-electron chi connectivity index (χ3n) is 4.16. The Hall–Kier alpha value is -0.580. The first-order valence-electron chi connectivity index (χ1n) is 7.68. The van der Waals surface area contributed by atoms with Gasteiger partial charge in [-0.15, -0.1) is 0 Å². The Bertz CT molecular complexity index is 406. The summed E-state index contributed by atoms with van der Waals surface area (Å²) >= 11 is 3.50. The molecule has 3 nitrogen and oxygen atoms in total. The third-order valence-corrected chi connectivity index (χ3v) is 4.65. The summed E-state index contributed by atoms with van der Waals surface area (Å²) in [5.74, 6) is 0. The first-order valence-corrected chi connectivity index (χ1v) is 8.48. The van der Waals surface area contributed by atoms with Crippen molar-refractivity contribution in [1.29, 1.82) is 0 Å². The second-order valence-electron chi connectivity index (χ2n) is 5.40. The number of anilines is 1. The molecule has 1 N–H and O–H groups in total. The molecule has 0 bridgehead atoms. The molecule has 1 heterocycles. The zero-order valence-corrected chi connectivity index (χ0v) is 14.2. The molecule has 0 amide bonds. The van der Waals surface area contributed by atoms with Crippen molar-refractivity contribution in [2.45, 2.75) is 26.3 Å². The van der Waals surface area contributed by atoms with Crippen molar-refractivity contribution in [3.8, 4) is 0 Å². The second kappa shape index (κ2) is 8.01. The second-order valence-corrected chi connectivity index (χ2v) is 6.32. The molecule has 0 aliphatic carbocycles. The third kappa shape index (κ3) is 4.47. The number of halogens is 1. The minimum atomic E-state index is 0.760. The molecule has 1 aliphatic rings. The van der Waals surface area contributed by atoms with Crippen LogP contribution >= 0.6 is 15.9 Å². The fourth-order valence-electron chi connectivity index (χ4n) is 3.01. The van der Waals surface area contributed by atoms with Crippen molar-refractivity contribution >= 4 is 21.6 Å². The van der Waals surface area contributed by atoms with Crippen molar-refractivity contribution in [2.24, 2.45) is 0 Å². The molecule has 112 valence electrons. The molecule has 1 aromatic carbocycles. The number of likely N-dealkylation sites (N-methyl/N-ethyl adjacent to an activating group) is 1. The first kappa shape index (κ1) is 15.8. The predicted molar refractivity (Wildman–Crippen MR) is 90.4 cm³/mol. The van der Waals surface area contributed by atoms with E-state index in [4.69, 9.17) is 0 Å². The SMILES string of the molecule is CCN(CC)C1CCN(CCNc2cccc(Br)c2)C1. The summed E-state index contributed by atoms with van der Waals surface area (Å²) in [7, 11) is 0. The van der Waals surface area contributed by atoms with E-state index in [0.717, 1.165) is 23.6 Å². The van der Waals surface area contributed by atoms with Crippen LogP contribution in [0.4, 0.5) is 5.69 Å². The Balaban J connectivity index is 1.71. The van der Waals surface area contributed by atoms with Crippen LogP contribution in [0.5, 0.6) is 0 Å². The minimum Gasteiger partial charge on any atom is -0.384 e. The normalized spacial score (nSPS) is 19.7. The molecule has 4 heteroatoms. The topological polar surface area (TPSA) is 18.5 Å². The Labute approximate surface area is 131 Å². The summed E-state index contributed by atoms with van der Waals surface area (Å²) in [6.45, 7) is 11.5. The number of hydrogen-bond acceptors (Lipinski definition) is 3. The van der Waals surface area contributed by atoms with E-state index in [2.05, 4.69) is 69.2 Å². The highest BCUT2D eigenvalue weighted by Crippen LogP contribution is 2.17. The van der Waals surface area contributed by atoms with Crippen molar-refractivity contribution in [2.75, 3.05) is 44.6 Å². The first-order chi connectivity index (χ1) is 9.72. The summed E-state index contributed by atoms with van der Waals surface area (Å²) in [6.07, 6.45) is 1.32. The van der Waals surface area contributed by atoms with Gasteiger partial charge in [-0.2, -0.15) is 0 Å². The molecule has 0 saturated carbocycles. The van der Waals surface area contributed by atoms with E-state index in [-0.39, 0.29) is 0 Å². The molecule has 20 heavy (non-hydrogen) atoms. The number of hydrogen-bond donors (Lipinski definition) is 1. The predicted octanol–water partition coefficient (Wildman–Crippen LogP) is 3.28. The van der Waals surface area contributed by atoms with Crippen LogP contribution in [0.25, 0.3) is 0 Å². The highest BCUT2D eigenvalue weighted by Gasteiger charge is 2.25. The van der Waals surface area contributed by atoms with Crippen LogP contribution in [-0.2, 0) is 0 Å². The Morgan fingerprint density at radius 3 is 2.85 bits per heavy atom. The van der Waals surface area contributed by atoms with Crippen LogP contribution in [0.1, 0.15) is 20.3 Å². The standard InChI is InChI=1S/C16H26BrN3/c1-3-20(4-2)16-8-10-19(13-16)11-9-18-15-7-5-6-14(17)12-15/h5-7,12,16,18H,3-4,8-11,13H2,1-2H3. The quantitative estimate of drug-likeness (QED) is 0.822. The van der Waals surface area contributed by atoms with Crippen LogP contribution in [0.3, 0.4) is 0 Å². The van der Waals surface area contributed by atoms with Gasteiger partial charge in [-0.05, 0) is 44.3 Å². The molecule has 1 atom stereocenters. The molecule has 1 fully saturated rings. The van der Waals surface area contributed by atoms with Gasteiger partial charge in [0.25, 0.3) is 0 Å². The molecule has 0 radical (unpaired) electrons. The number of benzene rings is 1. The maximum Gasteiger partial charge on any atom is 0.0351 e. The zero-order chi connectivity index (χ0) is 14.4. The molecule has 0 aromatic heterocycles. The Kier molecular flexibility index (Phi) is 6.33. The molecule has 0 spiro atoms. The van der Waals surface area contributed by atoms with E-state index in [0.29, 0.717) is 0 Å². The lowest BCUT2D eigenvalue weighted by Gasteiger charge is -2.26. The molecule has 1 aromatic rings. The van der Waals surface area contributed by atoms with Crippen molar-refractivity contribution < 1.29 is 0 Å². The van der Waals surface area contributed by atoms with Gasteiger partial charge in [0.2, 0.25) is 0 Å². The Morgan fingerprint density at radius 2 is 2.15 bits per heavy atom. The van der Waals surface area contributed by atoms with Gasteiger partial charge in [-0.1, -0.05) is 35.8 Å². The van der Waals surface area contributed by atoms with Gasteiger partial charge in [0.15, 0.2) is 0 Å². The van der Waals surface area contributed by atoms with Crippen molar-refractivity contribution in [3.05, 3.63) is 28.7 Å². The van der Waals surface area contributed by atoms with E-state index in [1.807, 2.05) is 0 Å². The summed E-state index contributed by atoms with van der Waals surface area (Å²) in [5, 5.41) is 3.50. The smallest absolute Gasteiger partial charge is 0.0351 e. The summed E-state index contributed by atoms with van der Waals surface area (Å²) < 4.78 is 1.13. The van der Waals surface area contributed by atoms with Gasteiger partial charge in [0, 0.05) is 35.8 Å². The van der Waals surface area contributed by atoms with Crippen molar-refractivity contribution in [1.82, 2.24) is 9.80 Å². The largest absolute Gasteiger partial charge is 0.384 e. The van der Waals surface area contributed by atoms with E-state index < -0.39 is 0 Å². The van der Waals surface area contributed by atoms with Crippen LogP contribution < -0.4 is 5.32 Å². The average Bonchev–Trinajstić information content (AvgIpc) is 2.89. The number of nitrogens with one attached hydrogen (secondary N) is 1. The fourth-order valence-corrected chi connectivity index (χ4v) is 3.41. The van der Waals surface area contributed by atoms with Crippen LogP contribution in [0.2, 0.25) is 0 Å². The summed E-state index contributed by atoms with van der Waals surface area (Å²) in [6, 6.07) is 9.13. The molecular weight excluding hydrogens is 314 g/mol. The number of rotatable bonds is 7. The van der Waals surface area contributed by atoms with E-state index >= 15 is 0 Å². The molecule has 1 unspecified atom stereocenters. The highest BCUT2D eigenvalue weighted by molar-refractivity contribution is 9.10. The summed E-state index contributed by atoms with van der Waals surface area (Å²) in [5.41, 5.74) is 1.19. The molecular formula is C16H26BrN3. The van der Waals surface area contributed by atoms with Crippen LogP contribution in [-0.4, -0.2) is 55.1 Å². The summed E-state index contributed by atoms with van der Waals surface area (Å²) in [4.78, 5) is 5.16. The lowest BCUT2D eigenvalue weighted by atomic mass is 10.2. The highest BCUT2D eigenvalue weighted by atomic mass is 79.9. The minimum absolute atomic E-state index is 0.760. The van der Waals surface area contributed by atoms with E-state index in [1.165, 1.54) is 38.3 Å². The lowest BCUT2D eigenvalue weighted by molar-refractivity contribution is 0.212. The van der Waals surface area contributed by atoms with Crippen molar-refractivity contribution in [3.63, 3.8) is 0 Å². The van der Waals surface area contributed by atoms with E-state index in [9.17, 15) is 0 Å². The van der Waals surface area contributed by atoms with Gasteiger partial charge in [-0.25, -0.2) is 0 Å². The monoisotopic (exact) mass is 339 g/mol. The van der Waals surface area contributed by atoms with Crippen LogP contribution in [0.15, 0.2) is 28.7 Å². The molecule has 1 saturated heterocycles. The number of nitrogens with zero attached hydrogens (tertiary/aromatic N) is 2. The average molecular weight is 340 g/mol. The van der Waals surface area contributed by atoms with Gasteiger partial charge >= 0.3 is 0 Å². The fraction of sp³-hybridized carbons (Fsp3) is 0.625. The van der Waals surface area contributed by atoms with Gasteiger partial charge in [0.05, 0.1) is 0 Å². The van der Waals surface area contributed by atoms with Gasteiger partial charge < -0.3 is 5.32 Å². The van der Waals surface area contributed by atoms with Crippen LogP contribution in [0, 0.1) is 0 Å². The maximum atomic E-state index is 3.50. The lowest BCUT2D eigenvalue weighted by Crippen LogP contribution is -2.38. The van der Waals surface area contributed by atoms with Gasteiger partial charge in [-0.3, -0.25) is 9.80 Å². The van der Waals surface area contributed by atoms with Gasteiger partial charge in [0.1, 0.15) is 0 Å². The Morgan fingerprint density at radius 1 is 1.35 bits per heavy atom.